The monoisotopic (exact) mass is 246 g/mol. The molecule has 1 saturated heterocycles. The topological polar surface area (TPSA) is 49.4 Å². The molecule has 0 aromatic heterocycles. The molecule has 92 valence electrons. The number of nitrogens with one attached hydrogen (secondary N) is 1. The molecule has 3 rings (SSSR count). The van der Waals surface area contributed by atoms with Gasteiger partial charge in [0.2, 0.25) is 0 Å². The van der Waals surface area contributed by atoms with Crippen LogP contribution in [-0.2, 0) is 0 Å². The fourth-order valence-corrected chi connectivity index (χ4v) is 2.08. The van der Waals surface area contributed by atoms with Crippen molar-refractivity contribution >= 4 is 11.8 Å². The van der Waals surface area contributed by atoms with Crippen molar-refractivity contribution in [2.75, 3.05) is 19.6 Å². The maximum Gasteiger partial charge on any atom is 0.261 e. The Bertz CT molecular complexity index is 539. The minimum Gasteiger partial charge on any atom is -0.309 e. The lowest BCUT2D eigenvalue weighted by molar-refractivity contribution is 0.0659. The molecule has 1 N–H and O–H groups in total. The van der Waals surface area contributed by atoms with Gasteiger partial charge in [0.1, 0.15) is 5.83 Å². The molecule has 0 bridgehead atoms. The van der Waals surface area contributed by atoms with Crippen LogP contribution < -0.4 is 5.32 Å². The fraction of sp³-hybridized carbons (Fsp3) is 0.231. The molecule has 18 heavy (non-hydrogen) atoms. The first-order valence-electron chi connectivity index (χ1n) is 5.71. The van der Waals surface area contributed by atoms with Crippen LogP contribution in [0.15, 0.2) is 35.7 Å². The number of imide groups is 1. The van der Waals surface area contributed by atoms with Crippen molar-refractivity contribution in [3.8, 4) is 0 Å². The SMILES string of the molecule is O=C1c2ccccc2C(=O)N1CC(F)=C1CNC1. The Balaban J connectivity index is 1.88. The Morgan fingerprint density at radius 2 is 1.72 bits per heavy atom. The fourth-order valence-electron chi connectivity index (χ4n) is 2.08. The third-order valence-corrected chi connectivity index (χ3v) is 3.24. The summed E-state index contributed by atoms with van der Waals surface area (Å²) in [5, 5.41) is 2.92. The van der Waals surface area contributed by atoms with Gasteiger partial charge < -0.3 is 5.32 Å². The zero-order valence-corrected chi connectivity index (χ0v) is 9.57. The maximum absolute atomic E-state index is 13.8. The van der Waals surface area contributed by atoms with Crippen molar-refractivity contribution in [2.45, 2.75) is 0 Å². The summed E-state index contributed by atoms with van der Waals surface area (Å²) < 4.78 is 13.8. The molecule has 0 spiro atoms. The average molecular weight is 246 g/mol. The Kier molecular flexibility index (Phi) is 2.48. The van der Waals surface area contributed by atoms with E-state index in [9.17, 15) is 14.0 Å². The van der Waals surface area contributed by atoms with Crippen molar-refractivity contribution in [3.63, 3.8) is 0 Å². The van der Waals surface area contributed by atoms with E-state index >= 15 is 0 Å². The molecule has 0 saturated carbocycles. The number of hydrogen-bond donors (Lipinski definition) is 1. The quantitative estimate of drug-likeness (QED) is 0.795. The van der Waals surface area contributed by atoms with Gasteiger partial charge in [0.25, 0.3) is 11.8 Å². The van der Waals surface area contributed by atoms with Crippen molar-refractivity contribution in [1.82, 2.24) is 10.2 Å². The number of rotatable bonds is 2. The number of amides is 2. The number of fused-ring (bicyclic) bond motifs is 1. The normalized spacial score (nSPS) is 17.8. The lowest BCUT2D eigenvalue weighted by atomic mass is 10.1. The molecule has 0 unspecified atom stereocenters. The van der Waals surface area contributed by atoms with Gasteiger partial charge in [0.15, 0.2) is 0 Å². The standard InChI is InChI=1S/C13H11FN2O2/c14-11(8-5-15-6-8)7-16-12(17)9-3-1-2-4-10(9)13(16)18/h1-4,15H,5-7H2. The molecule has 2 aliphatic heterocycles. The molecule has 2 amide bonds. The van der Waals surface area contributed by atoms with Gasteiger partial charge in [-0.05, 0) is 17.7 Å². The summed E-state index contributed by atoms with van der Waals surface area (Å²) in [6.45, 7) is 0.730. The van der Waals surface area contributed by atoms with Crippen molar-refractivity contribution < 1.29 is 14.0 Å². The van der Waals surface area contributed by atoms with Crippen molar-refractivity contribution in [2.24, 2.45) is 0 Å². The first kappa shape index (κ1) is 11.1. The van der Waals surface area contributed by atoms with E-state index < -0.39 is 11.8 Å². The lowest BCUT2D eigenvalue weighted by Gasteiger charge is -2.21. The Morgan fingerprint density at radius 3 is 2.17 bits per heavy atom. The molecule has 0 atom stereocenters. The van der Waals surface area contributed by atoms with Crippen LogP contribution >= 0.6 is 0 Å². The van der Waals surface area contributed by atoms with Gasteiger partial charge in [0.05, 0.1) is 17.7 Å². The summed E-state index contributed by atoms with van der Waals surface area (Å²) in [4.78, 5) is 24.9. The van der Waals surface area contributed by atoms with E-state index in [4.69, 9.17) is 0 Å². The van der Waals surface area contributed by atoms with Crippen LogP contribution in [0.3, 0.4) is 0 Å². The van der Waals surface area contributed by atoms with Crippen LogP contribution in [-0.4, -0.2) is 36.3 Å². The highest BCUT2D eigenvalue weighted by Crippen LogP contribution is 2.24. The second-order valence-corrected chi connectivity index (χ2v) is 4.35. The van der Waals surface area contributed by atoms with E-state index in [1.807, 2.05) is 0 Å². The van der Waals surface area contributed by atoms with Gasteiger partial charge in [-0.25, -0.2) is 4.39 Å². The minimum atomic E-state index is -0.418. The van der Waals surface area contributed by atoms with Crippen LogP contribution in [0.2, 0.25) is 0 Å². The van der Waals surface area contributed by atoms with Crippen molar-refractivity contribution in [3.05, 3.63) is 46.8 Å². The Labute approximate surface area is 103 Å². The number of carbonyl (C=O) groups is 2. The maximum atomic E-state index is 13.8. The zero-order chi connectivity index (χ0) is 12.7. The van der Waals surface area contributed by atoms with E-state index in [2.05, 4.69) is 5.32 Å². The summed E-state index contributed by atoms with van der Waals surface area (Å²) in [6.07, 6.45) is 0. The summed E-state index contributed by atoms with van der Waals surface area (Å²) in [6, 6.07) is 6.56. The van der Waals surface area contributed by atoms with Gasteiger partial charge in [-0.1, -0.05) is 12.1 Å². The average Bonchev–Trinajstić information content (AvgIpc) is 2.53. The smallest absolute Gasteiger partial charge is 0.261 e. The molecule has 1 aromatic carbocycles. The van der Waals surface area contributed by atoms with E-state index in [0.717, 1.165) is 4.90 Å². The van der Waals surface area contributed by atoms with E-state index in [0.29, 0.717) is 29.8 Å². The van der Waals surface area contributed by atoms with E-state index in [1.165, 1.54) is 0 Å². The number of hydrogen-bond acceptors (Lipinski definition) is 3. The number of carbonyl (C=O) groups excluding carboxylic acids is 2. The first-order chi connectivity index (χ1) is 8.68. The number of halogens is 1. The highest BCUT2D eigenvalue weighted by molar-refractivity contribution is 6.21. The molecule has 2 heterocycles. The third-order valence-electron chi connectivity index (χ3n) is 3.24. The molecule has 1 fully saturated rings. The van der Waals surface area contributed by atoms with Crippen LogP contribution in [0.5, 0.6) is 0 Å². The lowest BCUT2D eigenvalue weighted by Crippen LogP contribution is -2.37. The van der Waals surface area contributed by atoms with Crippen LogP contribution in [0.4, 0.5) is 4.39 Å². The second kappa shape index (κ2) is 4.03. The van der Waals surface area contributed by atoms with Gasteiger partial charge in [0, 0.05) is 13.1 Å². The van der Waals surface area contributed by atoms with Crippen LogP contribution in [0.25, 0.3) is 0 Å². The minimum absolute atomic E-state index is 0.261. The summed E-state index contributed by atoms with van der Waals surface area (Å²) in [5.41, 5.74) is 1.34. The van der Waals surface area contributed by atoms with E-state index in [-0.39, 0.29) is 12.4 Å². The first-order valence-corrected chi connectivity index (χ1v) is 5.71. The molecule has 5 heteroatoms. The summed E-state index contributed by atoms with van der Waals surface area (Å²) >= 11 is 0. The zero-order valence-electron chi connectivity index (χ0n) is 9.57. The molecular weight excluding hydrogens is 235 g/mol. The predicted octanol–water partition coefficient (Wildman–Crippen LogP) is 1.11. The van der Waals surface area contributed by atoms with Crippen LogP contribution in [0.1, 0.15) is 20.7 Å². The van der Waals surface area contributed by atoms with Gasteiger partial charge >= 0.3 is 0 Å². The van der Waals surface area contributed by atoms with Gasteiger partial charge in [-0.15, -0.1) is 0 Å². The highest BCUT2D eigenvalue weighted by Gasteiger charge is 2.36. The highest BCUT2D eigenvalue weighted by atomic mass is 19.1. The molecule has 2 aliphatic rings. The predicted molar refractivity (Wildman–Crippen MR) is 62.8 cm³/mol. The molecule has 1 aromatic rings. The third kappa shape index (κ3) is 1.55. The number of nitrogens with zero attached hydrogens (tertiary/aromatic N) is 1. The van der Waals surface area contributed by atoms with Crippen molar-refractivity contribution in [1.29, 1.82) is 0 Å². The Hall–Kier alpha value is -2.01. The molecule has 0 aliphatic carbocycles. The summed E-state index contributed by atoms with van der Waals surface area (Å²) in [7, 11) is 0. The molecule has 4 nitrogen and oxygen atoms in total. The second-order valence-electron chi connectivity index (χ2n) is 4.35. The van der Waals surface area contributed by atoms with Gasteiger partial charge in [-0.3, -0.25) is 14.5 Å². The van der Waals surface area contributed by atoms with Crippen LogP contribution in [0, 0.1) is 0 Å². The largest absolute Gasteiger partial charge is 0.309 e. The number of benzene rings is 1. The molecule has 0 radical (unpaired) electrons. The summed E-state index contributed by atoms with van der Waals surface area (Å²) in [5.74, 6) is -1.22. The van der Waals surface area contributed by atoms with Gasteiger partial charge in [-0.2, -0.15) is 0 Å². The Morgan fingerprint density at radius 1 is 1.17 bits per heavy atom. The van der Waals surface area contributed by atoms with E-state index in [1.54, 1.807) is 24.3 Å². The molecular formula is C13H11FN2O2.